The van der Waals surface area contributed by atoms with E-state index in [1.165, 1.54) is 0 Å². The Hall–Kier alpha value is -1.13. The van der Waals surface area contributed by atoms with Gasteiger partial charge in [-0.25, -0.2) is 4.98 Å². The molecule has 0 atom stereocenters. The van der Waals surface area contributed by atoms with Crippen LogP contribution in [0.1, 0.15) is 37.7 Å². The summed E-state index contributed by atoms with van der Waals surface area (Å²) in [6.07, 6.45) is 0. The topological polar surface area (TPSA) is 35.0 Å². The molecule has 0 N–H and O–H groups in total. The molecule has 0 bridgehead atoms. The number of benzene rings is 1. The van der Waals surface area contributed by atoms with Gasteiger partial charge in [0.25, 0.3) is 0 Å². The van der Waals surface area contributed by atoms with E-state index in [-0.39, 0.29) is 5.41 Å². The molecule has 0 spiro atoms. The van der Waals surface area contributed by atoms with E-state index in [1.54, 1.807) is 6.07 Å². The fraction of sp³-hybridized carbons (Fsp3) is 0.375. The van der Waals surface area contributed by atoms with Crippen LogP contribution in [0.4, 0.5) is 0 Å². The van der Waals surface area contributed by atoms with E-state index in [9.17, 15) is 0 Å². The lowest BCUT2D eigenvalue weighted by molar-refractivity contribution is 0.439. The van der Waals surface area contributed by atoms with Crippen molar-refractivity contribution < 1.29 is 4.74 Å². The average molecular weight is 370 g/mol. The summed E-state index contributed by atoms with van der Waals surface area (Å²) in [6.45, 7) is 10.1. The zero-order chi connectivity index (χ0) is 15.8. The minimum Gasteiger partial charge on any atom is -0.438 e. The predicted molar refractivity (Wildman–Crippen MR) is 89.4 cm³/mol. The van der Waals surface area contributed by atoms with Gasteiger partial charge in [-0.1, -0.05) is 32.4 Å². The first-order valence-corrected chi connectivity index (χ1v) is 7.83. The fourth-order valence-electron chi connectivity index (χ4n) is 1.95. The van der Waals surface area contributed by atoms with Crippen molar-refractivity contribution in [3.05, 3.63) is 44.8 Å². The fourth-order valence-corrected chi connectivity index (χ4v) is 2.64. The Morgan fingerprint density at radius 3 is 2.14 bits per heavy atom. The molecule has 0 saturated carbocycles. The van der Waals surface area contributed by atoms with Gasteiger partial charge in [0.05, 0.1) is 0 Å². The van der Waals surface area contributed by atoms with Gasteiger partial charge in [-0.15, -0.1) is 0 Å². The van der Waals surface area contributed by atoms with Gasteiger partial charge in [0, 0.05) is 16.5 Å². The highest BCUT2D eigenvalue weighted by Crippen LogP contribution is 2.32. The van der Waals surface area contributed by atoms with Crippen LogP contribution in [0, 0.1) is 13.8 Å². The minimum absolute atomic E-state index is 0.147. The standard InChI is InChI=1S/C16H18BrClN2O/c1-9-6-11(18)7-10(2)14(9)21-13-8-12(17)19-15(20-13)16(3,4)5/h6-8H,1-5H3. The third kappa shape index (κ3) is 3.95. The number of hydrogen-bond donors (Lipinski definition) is 0. The maximum Gasteiger partial charge on any atom is 0.223 e. The zero-order valence-corrected chi connectivity index (χ0v) is 15.1. The van der Waals surface area contributed by atoms with Crippen LogP contribution in [0.3, 0.4) is 0 Å². The summed E-state index contributed by atoms with van der Waals surface area (Å²) in [4.78, 5) is 8.92. The summed E-state index contributed by atoms with van der Waals surface area (Å²) >= 11 is 9.46. The number of aromatic nitrogens is 2. The first kappa shape index (κ1) is 16.2. The molecule has 0 aliphatic heterocycles. The van der Waals surface area contributed by atoms with E-state index >= 15 is 0 Å². The molecular weight excluding hydrogens is 352 g/mol. The summed E-state index contributed by atoms with van der Waals surface area (Å²) < 4.78 is 6.68. The highest BCUT2D eigenvalue weighted by atomic mass is 79.9. The smallest absolute Gasteiger partial charge is 0.223 e. The Morgan fingerprint density at radius 1 is 1.05 bits per heavy atom. The Kier molecular flexibility index (Phi) is 4.59. The van der Waals surface area contributed by atoms with Gasteiger partial charge in [0.1, 0.15) is 16.2 Å². The lowest BCUT2D eigenvalue weighted by atomic mass is 9.96. The number of hydrogen-bond acceptors (Lipinski definition) is 3. The lowest BCUT2D eigenvalue weighted by Crippen LogP contribution is -2.16. The normalized spacial score (nSPS) is 11.6. The Labute approximate surface area is 138 Å². The van der Waals surface area contributed by atoms with Gasteiger partial charge in [-0.05, 0) is 53.0 Å². The molecule has 0 amide bonds. The average Bonchev–Trinajstić information content (AvgIpc) is 2.32. The summed E-state index contributed by atoms with van der Waals surface area (Å²) in [6, 6.07) is 5.53. The molecule has 21 heavy (non-hydrogen) atoms. The van der Waals surface area contributed by atoms with Gasteiger partial charge in [-0.3, -0.25) is 0 Å². The van der Waals surface area contributed by atoms with E-state index < -0.39 is 0 Å². The van der Waals surface area contributed by atoms with Crippen LogP contribution in [0.25, 0.3) is 0 Å². The molecule has 0 aliphatic carbocycles. The van der Waals surface area contributed by atoms with E-state index in [2.05, 4.69) is 46.7 Å². The van der Waals surface area contributed by atoms with E-state index in [1.807, 2.05) is 26.0 Å². The Bertz CT molecular complexity index is 657. The number of nitrogens with zero attached hydrogens (tertiary/aromatic N) is 2. The van der Waals surface area contributed by atoms with Gasteiger partial charge in [-0.2, -0.15) is 4.98 Å². The first-order chi connectivity index (χ1) is 9.66. The molecule has 1 aromatic carbocycles. The van der Waals surface area contributed by atoms with Crippen molar-refractivity contribution in [1.29, 1.82) is 0 Å². The third-order valence-electron chi connectivity index (χ3n) is 2.97. The van der Waals surface area contributed by atoms with E-state index in [4.69, 9.17) is 16.3 Å². The molecule has 1 heterocycles. The molecule has 0 fully saturated rings. The second kappa shape index (κ2) is 5.93. The number of rotatable bonds is 2. The third-order valence-corrected chi connectivity index (χ3v) is 3.60. The first-order valence-electron chi connectivity index (χ1n) is 6.66. The van der Waals surface area contributed by atoms with Crippen molar-refractivity contribution >= 4 is 27.5 Å². The largest absolute Gasteiger partial charge is 0.438 e. The van der Waals surface area contributed by atoms with Crippen molar-refractivity contribution in [2.24, 2.45) is 0 Å². The Morgan fingerprint density at radius 2 is 1.62 bits per heavy atom. The number of aryl methyl sites for hydroxylation is 2. The molecule has 2 aromatic rings. The van der Waals surface area contributed by atoms with Crippen molar-refractivity contribution in [1.82, 2.24) is 9.97 Å². The van der Waals surface area contributed by atoms with Crippen molar-refractivity contribution in [2.75, 3.05) is 0 Å². The SMILES string of the molecule is Cc1cc(Cl)cc(C)c1Oc1cc(Br)nc(C(C)(C)C)n1. The summed E-state index contributed by atoms with van der Waals surface area (Å²) in [5.74, 6) is 2.04. The molecular formula is C16H18BrClN2O. The van der Waals surface area contributed by atoms with Crippen LogP contribution in [0.15, 0.2) is 22.8 Å². The van der Waals surface area contributed by atoms with Crippen LogP contribution in [0.5, 0.6) is 11.6 Å². The molecule has 0 radical (unpaired) electrons. The van der Waals surface area contributed by atoms with Crippen LogP contribution in [0.2, 0.25) is 5.02 Å². The van der Waals surface area contributed by atoms with Gasteiger partial charge in [0.15, 0.2) is 0 Å². The van der Waals surface area contributed by atoms with Gasteiger partial charge in [0.2, 0.25) is 5.88 Å². The minimum atomic E-state index is -0.147. The molecule has 1 aromatic heterocycles. The molecule has 0 aliphatic rings. The van der Waals surface area contributed by atoms with Crippen molar-refractivity contribution in [2.45, 2.75) is 40.0 Å². The predicted octanol–water partition coefficient (Wildman–Crippen LogP) is 5.60. The summed E-state index contributed by atoms with van der Waals surface area (Å²) in [5, 5.41) is 0.705. The summed E-state index contributed by atoms with van der Waals surface area (Å²) in [5.41, 5.74) is 1.81. The van der Waals surface area contributed by atoms with Gasteiger partial charge >= 0.3 is 0 Å². The molecule has 2 rings (SSSR count). The van der Waals surface area contributed by atoms with E-state index in [0.717, 1.165) is 22.7 Å². The second-order valence-corrected chi connectivity index (χ2v) is 7.32. The van der Waals surface area contributed by atoms with Crippen molar-refractivity contribution in [3.8, 4) is 11.6 Å². The molecule has 112 valence electrons. The summed E-state index contributed by atoms with van der Waals surface area (Å²) in [7, 11) is 0. The van der Waals surface area contributed by atoms with Crippen LogP contribution < -0.4 is 4.74 Å². The molecule has 5 heteroatoms. The number of halogens is 2. The molecule has 0 saturated heterocycles. The highest BCUT2D eigenvalue weighted by Gasteiger charge is 2.19. The monoisotopic (exact) mass is 368 g/mol. The van der Waals surface area contributed by atoms with Crippen LogP contribution >= 0.6 is 27.5 Å². The zero-order valence-electron chi connectivity index (χ0n) is 12.8. The van der Waals surface area contributed by atoms with Crippen LogP contribution in [-0.2, 0) is 5.41 Å². The maximum absolute atomic E-state index is 6.05. The molecule has 3 nitrogen and oxygen atoms in total. The van der Waals surface area contributed by atoms with Crippen molar-refractivity contribution in [3.63, 3.8) is 0 Å². The van der Waals surface area contributed by atoms with E-state index in [0.29, 0.717) is 15.5 Å². The molecule has 0 unspecified atom stereocenters. The number of ether oxygens (including phenoxy) is 1. The van der Waals surface area contributed by atoms with Crippen LogP contribution in [-0.4, -0.2) is 9.97 Å². The Balaban J connectivity index is 2.43. The highest BCUT2D eigenvalue weighted by molar-refractivity contribution is 9.10. The quantitative estimate of drug-likeness (QED) is 0.646. The second-order valence-electron chi connectivity index (χ2n) is 6.07. The van der Waals surface area contributed by atoms with Gasteiger partial charge < -0.3 is 4.74 Å². The maximum atomic E-state index is 6.05. The lowest BCUT2D eigenvalue weighted by Gasteiger charge is -2.18.